The van der Waals surface area contributed by atoms with Crippen LogP contribution in [0.25, 0.3) is 0 Å². The van der Waals surface area contributed by atoms with Gasteiger partial charge in [-0.1, -0.05) is 13.8 Å². The lowest BCUT2D eigenvalue weighted by atomic mass is 10.2. The van der Waals surface area contributed by atoms with Crippen molar-refractivity contribution < 1.29 is 8.42 Å². The van der Waals surface area contributed by atoms with Crippen molar-refractivity contribution in [2.75, 3.05) is 26.0 Å². The molecule has 0 radical (unpaired) electrons. The standard InChI is InChI=1S/C11H19N3O2S/c1-9(2)8-14(4)17(15,16)11-7-13-6-5-10(11)12-3/h5-7,9H,8H2,1-4H3,(H,12,13). The van der Waals surface area contributed by atoms with Gasteiger partial charge in [0.05, 0.1) is 5.69 Å². The molecule has 0 atom stereocenters. The molecule has 0 unspecified atom stereocenters. The molecule has 1 aromatic rings. The van der Waals surface area contributed by atoms with E-state index in [-0.39, 0.29) is 10.8 Å². The number of rotatable bonds is 5. The molecule has 0 saturated heterocycles. The molecule has 1 aromatic heterocycles. The monoisotopic (exact) mass is 257 g/mol. The highest BCUT2D eigenvalue weighted by atomic mass is 32.2. The number of sulfonamides is 1. The van der Waals surface area contributed by atoms with E-state index in [0.29, 0.717) is 12.2 Å². The lowest BCUT2D eigenvalue weighted by Crippen LogP contribution is -2.31. The lowest BCUT2D eigenvalue weighted by Gasteiger charge is -2.20. The van der Waals surface area contributed by atoms with E-state index in [1.165, 1.54) is 10.5 Å². The molecule has 6 heteroatoms. The topological polar surface area (TPSA) is 62.3 Å². The molecule has 0 spiro atoms. The van der Waals surface area contributed by atoms with Crippen LogP contribution in [0.5, 0.6) is 0 Å². The Morgan fingerprint density at radius 2 is 2.12 bits per heavy atom. The van der Waals surface area contributed by atoms with E-state index in [2.05, 4.69) is 10.3 Å². The van der Waals surface area contributed by atoms with E-state index >= 15 is 0 Å². The Bertz CT molecular complexity index is 471. The zero-order valence-corrected chi connectivity index (χ0v) is 11.5. The number of hydrogen-bond donors (Lipinski definition) is 1. The van der Waals surface area contributed by atoms with Crippen molar-refractivity contribution >= 4 is 15.7 Å². The predicted octanol–water partition coefficient (Wildman–Crippen LogP) is 1.40. The minimum absolute atomic E-state index is 0.214. The van der Waals surface area contributed by atoms with Gasteiger partial charge < -0.3 is 5.32 Å². The molecule has 0 aromatic carbocycles. The van der Waals surface area contributed by atoms with E-state index in [4.69, 9.17) is 0 Å². The summed E-state index contributed by atoms with van der Waals surface area (Å²) in [5.41, 5.74) is 0.565. The van der Waals surface area contributed by atoms with Crippen LogP contribution in [0.1, 0.15) is 13.8 Å². The van der Waals surface area contributed by atoms with Gasteiger partial charge >= 0.3 is 0 Å². The SMILES string of the molecule is CNc1ccncc1S(=O)(=O)N(C)CC(C)C. The number of nitrogens with one attached hydrogen (secondary N) is 1. The quantitative estimate of drug-likeness (QED) is 0.866. The second kappa shape index (κ2) is 5.46. The average Bonchev–Trinajstić information content (AvgIpc) is 2.28. The minimum atomic E-state index is -3.47. The molecule has 0 saturated carbocycles. The molecule has 0 bridgehead atoms. The Morgan fingerprint density at radius 3 is 2.65 bits per heavy atom. The summed E-state index contributed by atoms with van der Waals surface area (Å²) in [6.45, 7) is 4.45. The van der Waals surface area contributed by atoms with Crippen LogP contribution in [0.2, 0.25) is 0 Å². The molecule has 0 aliphatic carbocycles. The van der Waals surface area contributed by atoms with Crippen LogP contribution in [0.15, 0.2) is 23.4 Å². The highest BCUT2D eigenvalue weighted by Gasteiger charge is 2.24. The molecule has 0 aliphatic rings. The van der Waals surface area contributed by atoms with Crippen molar-refractivity contribution in [2.45, 2.75) is 18.7 Å². The van der Waals surface area contributed by atoms with Crippen molar-refractivity contribution in [1.29, 1.82) is 0 Å². The largest absolute Gasteiger partial charge is 0.387 e. The van der Waals surface area contributed by atoms with Crippen molar-refractivity contribution in [2.24, 2.45) is 5.92 Å². The molecule has 0 aliphatic heterocycles. The Labute approximate surface area is 103 Å². The van der Waals surface area contributed by atoms with Gasteiger partial charge in [0.25, 0.3) is 0 Å². The van der Waals surface area contributed by atoms with Crippen LogP contribution in [0, 0.1) is 5.92 Å². The fraction of sp³-hybridized carbons (Fsp3) is 0.545. The van der Waals surface area contributed by atoms with E-state index in [9.17, 15) is 8.42 Å². The van der Waals surface area contributed by atoms with Gasteiger partial charge in [-0.25, -0.2) is 12.7 Å². The third-order valence-corrected chi connectivity index (χ3v) is 4.22. The third-order valence-electron chi connectivity index (χ3n) is 2.36. The second-order valence-electron chi connectivity index (χ2n) is 4.30. The van der Waals surface area contributed by atoms with E-state index < -0.39 is 10.0 Å². The van der Waals surface area contributed by atoms with Gasteiger partial charge in [0, 0.05) is 33.0 Å². The van der Waals surface area contributed by atoms with Gasteiger partial charge in [0.2, 0.25) is 10.0 Å². The summed E-state index contributed by atoms with van der Waals surface area (Å²) in [6, 6.07) is 1.65. The molecule has 96 valence electrons. The fourth-order valence-electron chi connectivity index (χ4n) is 1.57. The number of hydrogen-bond acceptors (Lipinski definition) is 4. The van der Waals surface area contributed by atoms with E-state index in [1.54, 1.807) is 26.4 Å². The smallest absolute Gasteiger partial charge is 0.246 e. The second-order valence-corrected chi connectivity index (χ2v) is 6.31. The van der Waals surface area contributed by atoms with Crippen molar-refractivity contribution in [1.82, 2.24) is 9.29 Å². The Hall–Kier alpha value is -1.14. The summed E-state index contributed by atoms with van der Waals surface area (Å²) in [4.78, 5) is 4.09. The Balaban J connectivity index is 3.13. The molecule has 1 N–H and O–H groups in total. The third kappa shape index (κ3) is 3.17. The van der Waals surface area contributed by atoms with Gasteiger partial charge in [-0.2, -0.15) is 0 Å². The van der Waals surface area contributed by atoms with Crippen LogP contribution >= 0.6 is 0 Å². The number of anilines is 1. The zero-order valence-electron chi connectivity index (χ0n) is 10.6. The maximum absolute atomic E-state index is 12.3. The molecule has 0 fully saturated rings. The van der Waals surface area contributed by atoms with Gasteiger partial charge in [0.15, 0.2) is 0 Å². The van der Waals surface area contributed by atoms with Crippen LogP contribution in [0.3, 0.4) is 0 Å². The van der Waals surface area contributed by atoms with Crippen LogP contribution < -0.4 is 5.32 Å². The molecule has 1 heterocycles. The maximum Gasteiger partial charge on any atom is 0.246 e. The summed E-state index contributed by atoms with van der Waals surface area (Å²) >= 11 is 0. The molecule has 0 amide bonds. The molecule has 17 heavy (non-hydrogen) atoms. The van der Waals surface area contributed by atoms with Crippen molar-refractivity contribution in [3.8, 4) is 0 Å². The Morgan fingerprint density at radius 1 is 1.47 bits per heavy atom. The number of pyridine rings is 1. The zero-order chi connectivity index (χ0) is 13.1. The van der Waals surface area contributed by atoms with Gasteiger partial charge in [-0.3, -0.25) is 4.98 Å². The maximum atomic E-state index is 12.3. The summed E-state index contributed by atoms with van der Waals surface area (Å²) in [6.07, 6.45) is 2.94. The minimum Gasteiger partial charge on any atom is -0.387 e. The average molecular weight is 257 g/mol. The number of aromatic nitrogens is 1. The van der Waals surface area contributed by atoms with Crippen molar-refractivity contribution in [3.05, 3.63) is 18.5 Å². The fourth-order valence-corrected chi connectivity index (χ4v) is 3.04. The Kier molecular flexibility index (Phi) is 4.47. The van der Waals surface area contributed by atoms with Crippen LogP contribution in [0.4, 0.5) is 5.69 Å². The highest BCUT2D eigenvalue weighted by molar-refractivity contribution is 7.89. The van der Waals surface area contributed by atoms with Gasteiger partial charge in [0.1, 0.15) is 4.90 Å². The molecule has 5 nitrogen and oxygen atoms in total. The van der Waals surface area contributed by atoms with Gasteiger partial charge in [-0.05, 0) is 12.0 Å². The normalized spacial score (nSPS) is 12.1. The van der Waals surface area contributed by atoms with Crippen LogP contribution in [-0.4, -0.2) is 38.3 Å². The summed E-state index contributed by atoms with van der Waals surface area (Å²) in [5, 5.41) is 2.86. The van der Waals surface area contributed by atoms with Crippen LogP contribution in [-0.2, 0) is 10.0 Å². The van der Waals surface area contributed by atoms with E-state index in [0.717, 1.165) is 0 Å². The summed E-state index contributed by atoms with van der Waals surface area (Å²) in [5.74, 6) is 0.282. The lowest BCUT2D eigenvalue weighted by molar-refractivity contribution is 0.417. The van der Waals surface area contributed by atoms with E-state index in [1.807, 2.05) is 13.8 Å². The molecular formula is C11H19N3O2S. The first-order valence-corrected chi connectivity index (χ1v) is 6.91. The number of nitrogens with zero attached hydrogens (tertiary/aromatic N) is 2. The summed E-state index contributed by atoms with van der Waals surface area (Å²) in [7, 11) is -0.192. The van der Waals surface area contributed by atoms with Gasteiger partial charge in [-0.15, -0.1) is 0 Å². The predicted molar refractivity (Wildman–Crippen MR) is 68.4 cm³/mol. The molecular weight excluding hydrogens is 238 g/mol. The highest BCUT2D eigenvalue weighted by Crippen LogP contribution is 2.22. The first-order valence-electron chi connectivity index (χ1n) is 5.47. The summed E-state index contributed by atoms with van der Waals surface area (Å²) < 4.78 is 25.9. The first-order chi connectivity index (χ1) is 7.89. The molecule has 1 rings (SSSR count). The van der Waals surface area contributed by atoms with Crippen molar-refractivity contribution in [3.63, 3.8) is 0 Å². The first kappa shape index (κ1) is 13.9.